The van der Waals surface area contributed by atoms with Gasteiger partial charge in [0.15, 0.2) is 5.82 Å². The minimum atomic E-state index is 0.405. The number of hydrogen-bond acceptors (Lipinski definition) is 4. The largest absolute Gasteiger partial charge is 0.326 e. The van der Waals surface area contributed by atoms with Gasteiger partial charge in [-0.15, -0.1) is 0 Å². The Hall–Kier alpha value is -1.23. The van der Waals surface area contributed by atoms with Gasteiger partial charge in [0, 0.05) is 30.7 Å². The van der Waals surface area contributed by atoms with Gasteiger partial charge in [0.05, 0.1) is 10.0 Å². The maximum atomic E-state index is 5.99. The monoisotopic (exact) mass is 254 g/mol. The number of nitrogens with two attached hydrogens (primary N) is 1. The van der Waals surface area contributed by atoms with Gasteiger partial charge in [-0.05, 0) is 6.07 Å². The zero-order valence-corrected chi connectivity index (χ0v) is 9.70. The molecule has 82 valence electrons. The highest BCUT2D eigenvalue weighted by molar-refractivity contribution is 6.35. The molecule has 0 aliphatic carbocycles. The molecule has 0 radical (unpaired) electrons. The SMILES string of the molecule is NCc1cnc(-c2ncc(Cl)cc2Cl)nc1. The summed E-state index contributed by atoms with van der Waals surface area (Å²) in [5.74, 6) is 0.457. The molecule has 0 amide bonds. The van der Waals surface area contributed by atoms with Crippen molar-refractivity contribution < 1.29 is 0 Å². The van der Waals surface area contributed by atoms with Crippen LogP contribution in [0.5, 0.6) is 0 Å². The maximum Gasteiger partial charge on any atom is 0.179 e. The van der Waals surface area contributed by atoms with E-state index in [2.05, 4.69) is 15.0 Å². The Balaban J connectivity index is 2.42. The number of hydrogen-bond donors (Lipinski definition) is 1. The van der Waals surface area contributed by atoms with Crippen molar-refractivity contribution >= 4 is 23.2 Å². The predicted molar refractivity (Wildman–Crippen MR) is 63.2 cm³/mol. The van der Waals surface area contributed by atoms with Crippen molar-refractivity contribution in [2.24, 2.45) is 5.73 Å². The van der Waals surface area contributed by atoms with Crippen LogP contribution < -0.4 is 5.73 Å². The van der Waals surface area contributed by atoms with Gasteiger partial charge in [-0.25, -0.2) is 15.0 Å². The summed E-state index contributed by atoms with van der Waals surface area (Å²) >= 11 is 11.7. The lowest BCUT2D eigenvalue weighted by molar-refractivity contribution is 1.01. The van der Waals surface area contributed by atoms with E-state index in [1.54, 1.807) is 18.5 Å². The Morgan fingerprint density at radius 3 is 2.31 bits per heavy atom. The molecule has 0 saturated heterocycles. The molecule has 0 fully saturated rings. The van der Waals surface area contributed by atoms with E-state index in [4.69, 9.17) is 28.9 Å². The van der Waals surface area contributed by atoms with E-state index in [1.165, 1.54) is 6.20 Å². The lowest BCUT2D eigenvalue weighted by atomic mass is 10.3. The number of nitrogens with zero attached hydrogens (tertiary/aromatic N) is 3. The standard InChI is InChI=1S/C10H8Cl2N4/c11-7-1-8(12)9(14-5-7)10-15-3-6(2-13)4-16-10/h1,3-5H,2,13H2. The zero-order chi connectivity index (χ0) is 11.5. The summed E-state index contributed by atoms with van der Waals surface area (Å²) in [6, 6.07) is 1.60. The second kappa shape index (κ2) is 4.74. The van der Waals surface area contributed by atoms with Crippen molar-refractivity contribution in [2.45, 2.75) is 6.54 Å². The fourth-order valence-electron chi connectivity index (χ4n) is 1.16. The molecule has 16 heavy (non-hydrogen) atoms. The van der Waals surface area contributed by atoms with Crippen molar-refractivity contribution in [2.75, 3.05) is 0 Å². The maximum absolute atomic E-state index is 5.99. The first-order valence-corrected chi connectivity index (χ1v) is 5.28. The summed E-state index contributed by atoms with van der Waals surface area (Å²) < 4.78 is 0. The van der Waals surface area contributed by atoms with E-state index in [0.717, 1.165) is 5.56 Å². The zero-order valence-electron chi connectivity index (χ0n) is 8.19. The summed E-state index contributed by atoms with van der Waals surface area (Å²) in [6.07, 6.45) is 4.80. The molecule has 2 aromatic heterocycles. The van der Waals surface area contributed by atoms with Gasteiger partial charge in [0.2, 0.25) is 0 Å². The van der Waals surface area contributed by atoms with Crippen molar-refractivity contribution in [1.82, 2.24) is 15.0 Å². The van der Waals surface area contributed by atoms with Crippen LogP contribution in [0, 0.1) is 0 Å². The summed E-state index contributed by atoms with van der Waals surface area (Å²) in [7, 11) is 0. The lowest BCUT2D eigenvalue weighted by Crippen LogP contribution is -1.99. The Morgan fingerprint density at radius 2 is 1.75 bits per heavy atom. The van der Waals surface area contributed by atoms with Crippen molar-refractivity contribution in [1.29, 1.82) is 0 Å². The van der Waals surface area contributed by atoms with Gasteiger partial charge in [-0.1, -0.05) is 23.2 Å². The van der Waals surface area contributed by atoms with Gasteiger partial charge >= 0.3 is 0 Å². The summed E-state index contributed by atoms with van der Waals surface area (Å²) in [5, 5.41) is 0.903. The third kappa shape index (κ3) is 2.29. The first-order valence-electron chi connectivity index (χ1n) is 4.53. The summed E-state index contributed by atoms with van der Waals surface area (Å²) in [6.45, 7) is 0.405. The highest BCUT2D eigenvalue weighted by Gasteiger charge is 2.08. The highest BCUT2D eigenvalue weighted by Crippen LogP contribution is 2.24. The molecule has 0 saturated carbocycles. The average Bonchev–Trinajstić information content (AvgIpc) is 2.29. The molecule has 2 rings (SSSR count). The van der Waals surface area contributed by atoms with E-state index >= 15 is 0 Å². The van der Waals surface area contributed by atoms with Crippen LogP contribution >= 0.6 is 23.2 Å². The first kappa shape index (κ1) is 11.3. The Labute approximate surface area is 102 Å². The molecule has 2 aromatic rings. The van der Waals surface area contributed by atoms with Crippen LogP contribution in [-0.4, -0.2) is 15.0 Å². The second-order valence-corrected chi connectivity index (χ2v) is 3.95. The van der Waals surface area contributed by atoms with Gasteiger partial charge in [0.1, 0.15) is 5.69 Å². The van der Waals surface area contributed by atoms with E-state index in [9.17, 15) is 0 Å². The number of pyridine rings is 1. The minimum Gasteiger partial charge on any atom is -0.326 e. The van der Waals surface area contributed by atoms with Crippen LogP contribution in [0.15, 0.2) is 24.7 Å². The van der Waals surface area contributed by atoms with Gasteiger partial charge < -0.3 is 5.73 Å². The predicted octanol–water partition coefficient (Wildman–Crippen LogP) is 2.30. The molecule has 0 aliphatic rings. The quantitative estimate of drug-likeness (QED) is 0.894. The van der Waals surface area contributed by atoms with E-state index in [-0.39, 0.29) is 0 Å². The highest BCUT2D eigenvalue weighted by atomic mass is 35.5. The Morgan fingerprint density at radius 1 is 1.06 bits per heavy atom. The summed E-state index contributed by atoms with van der Waals surface area (Å²) in [5.41, 5.74) is 6.81. The smallest absolute Gasteiger partial charge is 0.179 e. The van der Waals surface area contributed by atoms with Crippen LogP contribution in [0.25, 0.3) is 11.5 Å². The topological polar surface area (TPSA) is 64.7 Å². The Kier molecular flexibility index (Phi) is 3.33. The summed E-state index contributed by atoms with van der Waals surface area (Å²) in [4.78, 5) is 12.3. The van der Waals surface area contributed by atoms with E-state index in [1.807, 2.05) is 0 Å². The molecule has 2 N–H and O–H groups in total. The molecule has 0 unspecified atom stereocenters. The number of aromatic nitrogens is 3. The number of halogens is 2. The van der Waals surface area contributed by atoms with Gasteiger partial charge in [0.25, 0.3) is 0 Å². The van der Waals surface area contributed by atoms with Crippen LogP contribution in [-0.2, 0) is 6.54 Å². The fraction of sp³-hybridized carbons (Fsp3) is 0.100. The average molecular weight is 255 g/mol. The second-order valence-electron chi connectivity index (χ2n) is 3.10. The van der Waals surface area contributed by atoms with E-state index < -0.39 is 0 Å². The lowest BCUT2D eigenvalue weighted by Gasteiger charge is -2.02. The molecule has 0 spiro atoms. The Bertz CT molecular complexity index is 499. The molecule has 2 heterocycles. The fourth-order valence-corrected chi connectivity index (χ4v) is 1.63. The number of rotatable bonds is 2. The molecule has 4 nitrogen and oxygen atoms in total. The molecule has 0 aromatic carbocycles. The van der Waals surface area contributed by atoms with Crippen LogP contribution in [0.2, 0.25) is 10.0 Å². The minimum absolute atomic E-state index is 0.405. The molecular formula is C10H8Cl2N4. The van der Waals surface area contributed by atoms with Gasteiger partial charge in [-0.3, -0.25) is 0 Å². The van der Waals surface area contributed by atoms with Crippen molar-refractivity contribution in [3.8, 4) is 11.5 Å². The third-order valence-corrected chi connectivity index (χ3v) is 2.46. The van der Waals surface area contributed by atoms with Crippen molar-refractivity contribution in [3.05, 3.63) is 40.3 Å². The molecule has 0 bridgehead atoms. The first-order chi connectivity index (χ1) is 7.70. The third-order valence-electron chi connectivity index (χ3n) is 1.96. The van der Waals surface area contributed by atoms with Crippen molar-refractivity contribution in [3.63, 3.8) is 0 Å². The van der Waals surface area contributed by atoms with E-state index in [0.29, 0.717) is 28.1 Å². The van der Waals surface area contributed by atoms with Crippen LogP contribution in [0.3, 0.4) is 0 Å². The molecule has 0 aliphatic heterocycles. The normalized spacial score (nSPS) is 10.4. The van der Waals surface area contributed by atoms with Gasteiger partial charge in [-0.2, -0.15) is 0 Å². The van der Waals surface area contributed by atoms with Crippen LogP contribution in [0.1, 0.15) is 5.56 Å². The molecule has 0 atom stereocenters. The van der Waals surface area contributed by atoms with Crippen LogP contribution in [0.4, 0.5) is 0 Å². The molecule has 6 heteroatoms. The molecular weight excluding hydrogens is 247 g/mol.